The molecule has 2 rings (SSSR count). The number of phenolic OH excluding ortho intramolecular Hbond substituents is 2. The van der Waals surface area contributed by atoms with Crippen molar-refractivity contribution in [2.75, 3.05) is 13.7 Å². The molecule has 2 aromatic carbocycles. The zero-order valence-electron chi connectivity index (χ0n) is 13.0. The number of amides is 1. The number of hydrogen-bond acceptors (Lipinski definition) is 5. The van der Waals surface area contributed by atoms with E-state index < -0.39 is 5.91 Å². The fraction of sp³-hybridized carbons (Fsp3) is 0.111. The summed E-state index contributed by atoms with van der Waals surface area (Å²) in [6, 6.07) is 10.5. The molecule has 124 valence electrons. The van der Waals surface area contributed by atoms with Crippen LogP contribution in [0.25, 0.3) is 6.08 Å². The average molecular weight is 327 g/mol. The van der Waals surface area contributed by atoms with Gasteiger partial charge in [-0.05, 0) is 48.0 Å². The summed E-state index contributed by atoms with van der Waals surface area (Å²) in [6.07, 6.45) is 2.83. The Morgan fingerprint density at radius 3 is 2.50 bits per heavy atom. The number of carbonyl (C=O) groups is 2. The van der Waals surface area contributed by atoms with Crippen molar-refractivity contribution in [2.45, 2.75) is 0 Å². The molecule has 0 radical (unpaired) electrons. The van der Waals surface area contributed by atoms with E-state index in [9.17, 15) is 19.8 Å². The van der Waals surface area contributed by atoms with Crippen LogP contribution in [0.3, 0.4) is 0 Å². The summed E-state index contributed by atoms with van der Waals surface area (Å²) in [6.45, 7) is -0.146. The Hall–Kier alpha value is -3.28. The molecule has 24 heavy (non-hydrogen) atoms. The van der Waals surface area contributed by atoms with Gasteiger partial charge in [0.15, 0.2) is 17.3 Å². The SMILES string of the molecule is COc1cc(C=CC(=O)NCC(=O)c2ccc(O)cc2)ccc1O. The highest BCUT2D eigenvalue weighted by Gasteiger charge is 2.07. The molecule has 0 aromatic heterocycles. The van der Waals surface area contributed by atoms with Crippen molar-refractivity contribution < 1.29 is 24.5 Å². The van der Waals surface area contributed by atoms with Crippen LogP contribution in [0.15, 0.2) is 48.5 Å². The van der Waals surface area contributed by atoms with E-state index in [0.29, 0.717) is 16.9 Å². The van der Waals surface area contributed by atoms with Crippen molar-refractivity contribution in [2.24, 2.45) is 0 Å². The molecule has 0 saturated heterocycles. The second kappa shape index (κ2) is 7.82. The van der Waals surface area contributed by atoms with Gasteiger partial charge >= 0.3 is 0 Å². The lowest BCUT2D eigenvalue weighted by molar-refractivity contribution is -0.116. The van der Waals surface area contributed by atoms with Crippen LogP contribution in [-0.4, -0.2) is 35.6 Å². The van der Waals surface area contributed by atoms with Gasteiger partial charge in [-0.2, -0.15) is 0 Å². The molecule has 0 aliphatic carbocycles. The molecule has 3 N–H and O–H groups in total. The maximum absolute atomic E-state index is 11.9. The van der Waals surface area contributed by atoms with Crippen LogP contribution in [0.2, 0.25) is 0 Å². The van der Waals surface area contributed by atoms with E-state index in [4.69, 9.17) is 4.74 Å². The minimum atomic E-state index is -0.422. The molecule has 0 spiro atoms. The molecule has 0 atom stereocenters. The van der Waals surface area contributed by atoms with E-state index in [1.165, 1.54) is 43.5 Å². The van der Waals surface area contributed by atoms with Gasteiger partial charge in [-0.3, -0.25) is 9.59 Å². The number of hydrogen-bond donors (Lipinski definition) is 3. The molecule has 6 heteroatoms. The number of methoxy groups -OCH3 is 1. The summed E-state index contributed by atoms with van der Waals surface area (Å²) in [5.41, 5.74) is 1.07. The van der Waals surface area contributed by atoms with Crippen LogP contribution in [0.5, 0.6) is 17.2 Å². The van der Waals surface area contributed by atoms with Gasteiger partial charge < -0.3 is 20.3 Å². The van der Waals surface area contributed by atoms with Gasteiger partial charge in [0, 0.05) is 11.6 Å². The highest BCUT2D eigenvalue weighted by molar-refractivity contribution is 6.01. The van der Waals surface area contributed by atoms with Gasteiger partial charge in [0.05, 0.1) is 13.7 Å². The van der Waals surface area contributed by atoms with Crippen molar-refractivity contribution in [1.82, 2.24) is 5.32 Å². The second-order valence-electron chi connectivity index (χ2n) is 4.95. The molecular weight excluding hydrogens is 310 g/mol. The first-order valence-corrected chi connectivity index (χ1v) is 7.15. The number of phenols is 2. The van der Waals surface area contributed by atoms with Crippen LogP contribution in [-0.2, 0) is 4.79 Å². The topological polar surface area (TPSA) is 95.9 Å². The quantitative estimate of drug-likeness (QED) is 0.558. The highest BCUT2D eigenvalue weighted by Crippen LogP contribution is 2.26. The normalized spacial score (nSPS) is 10.5. The van der Waals surface area contributed by atoms with E-state index in [1.807, 2.05) is 0 Å². The number of ether oxygens (including phenoxy) is 1. The predicted molar refractivity (Wildman–Crippen MR) is 89.1 cm³/mol. The Labute approximate surface area is 139 Å². The molecule has 0 aliphatic heterocycles. The molecule has 6 nitrogen and oxygen atoms in total. The van der Waals surface area contributed by atoms with Crippen LogP contribution >= 0.6 is 0 Å². The third kappa shape index (κ3) is 4.61. The van der Waals surface area contributed by atoms with E-state index in [1.54, 1.807) is 18.2 Å². The third-order valence-electron chi connectivity index (χ3n) is 3.24. The number of ketones is 1. The van der Waals surface area contributed by atoms with Crippen LogP contribution in [0.1, 0.15) is 15.9 Å². The molecule has 0 saturated carbocycles. The Morgan fingerprint density at radius 2 is 1.83 bits per heavy atom. The number of rotatable bonds is 6. The highest BCUT2D eigenvalue weighted by atomic mass is 16.5. The van der Waals surface area contributed by atoms with Crippen LogP contribution in [0.4, 0.5) is 0 Å². The maximum atomic E-state index is 11.9. The molecule has 1 amide bonds. The monoisotopic (exact) mass is 327 g/mol. The Bertz CT molecular complexity index is 765. The smallest absolute Gasteiger partial charge is 0.244 e. The first kappa shape index (κ1) is 17.1. The van der Waals surface area contributed by atoms with Crippen molar-refractivity contribution in [3.63, 3.8) is 0 Å². The fourth-order valence-corrected chi connectivity index (χ4v) is 1.95. The Balaban J connectivity index is 1.91. The maximum Gasteiger partial charge on any atom is 0.244 e. The molecule has 0 unspecified atom stereocenters. The molecular formula is C18H17NO5. The molecule has 0 heterocycles. The molecule has 0 aliphatic rings. The number of Topliss-reactive ketones (excluding diaryl/α,β-unsaturated/α-hetero) is 1. The number of benzene rings is 2. The zero-order valence-corrected chi connectivity index (χ0v) is 13.0. The minimum Gasteiger partial charge on any atom is -0.508 e. The number of nitrogens with one attached hydrogen (secondary N) is 1. The third-order valence-corrected chi connectivity index (χ3v) is 3.24. The van der Waals surface area contributed by atoms with Gasteiger partial charge in [-0.1, -0.05) is 6.07 Å². The number of aromatic hydroxyl groups is 2. The van der Waals surface area contributed by atoms with Gasteiger partial charge in [0.2, 0.25) is 5.91 Å². The summed E-state index contributed by atoms with van der Waals surface area (Å²) in [5.74, 6) is -0.293. The lowest BCUT2D eigenvalue weighted by Crippen LogP contribution is -2.27. The standard InChI is InChI=1S/C18H17NO5/c1-24-17-10-12(2-8-15(17)21)3-9-18(23)19-11-16(22)13-4-6-14(20)7-5-13/h2-10,20-21H,11H2,1H3,(H,19,23). The van der Waals surface area contributed by atoms with E-state index in [2.05, 4.69) is 5.32 Å². The van der Waals surface area contributed by atoms with E-state index in [0.717, 1.165) is 0 Å². The summed E-state index contributed by atoms with van der Waals surface area (Å²) in [4.78, 5) is 23.6. The lowest BCUT2D eigenvalue weighted by Gasteiger charge is -2.04. The molecule has 0 bridgehead atoms. The predicted octanol–water partition coefficient (Wildman–Crippen LogP) is 2.12. The van der Waals surface area contributed by atoms with Crippen LogP contribution in [0, 0.1) is 0 Å². The van der Waals surface area contributed by atoms with E-state index >= 15 is 0 Å². The van der Waals surface area contributed by atoms with Gasteiger partial charge in [0.25, 0.3) is 0 Å². The van der Waals surface area contributed by atoms with Crippen LogP contribution < -0.4 is 10.1 Å². The molecule has 2 aromatic rings. The van der Waals surface area contributed by atoms with Gasteiger partial charge in [-0.25, -0.2) is 0 Å². The zero-order chi connectivity index (χ0) is 17.5. The Kier molecular flexibility index (Phi) is 5.57. The van der Waals surface area contributed by atoms with Crippen molar-refractivity contribution in [1.29, 1.82) is 0 Å². The Morgan fingerprint density at radius 1 is 1.12 bits per heavy atom. The van der Waals surface area contributed by atoms with Crippen molar-refractivity contribution in [3.05, 3.63) is 59.7 Å². The fourth-order valence-electron chi connectivity index (χ4n) is 1.95. The summed E-state index contributed by atoms with van der Waals surface area (Å²) >= 11 is 0. The summed E-state index contributed by atoms with van der Waals surface area (Å²) in [7, 11) is 1.43. The molecule has 0 fully saturated rings. The first-order chi connectivity index (χ1) is 11.5. The average Bonchev–Trinajstić information content (AvgIpc) is 2.59. The number of carbonyl (C=O) groups excluding carboxylic acids is 2. The second-order valence-corrected chi connectivity index (χ2v) is 4.95. The van der Waals surface area contributed by atoms with Gasteiger partial charge in [-0.15, -0.1) is 0 Å². The van der Waals surface area contributed by atoms with Gasteiger partial charge in [0.1, 0.15) is 5.75 Å². The van der Waals surface area contributed by atoms with Crippen molar-refractivity contribution >= 4 is 17.8 Å². The largest absolute Gasteiger partial charge is 0.508 e. The summed E-state index contributed by atoms with van der Waals surface area (Å²) in [5, 5.41) is 21.2. The van der Waals surface area contributed by atoms with E-state index in [-0.39, 0.29) is 23.8 Å². The minimum absolute atomic E-state index is 0.0126. The lowest BCUT2D eigenvalue weighted by atomic mass is 10.1. The van der Waals surface area contributed by atoms with Crippen molar-refractivity contribution in [3.8, 4) is 17.2 Å². The first-order valence-electron chi connectivity index (χ1n) is 7.15. The summed E-state index contributed by atoms with van der Waals surface area (Å²) < 4.78 is 4.98.